The van der Waals surface area contributed by atoms with E-state index in [0.717, 1.165) is 43.4 Å². The number of fused-ring (bicyclic) bond motifs is 1. The van der Waals surface area contributed by atoms with Crippen LogP contribution in [0.5, 0.6) is 0 Å². The number of pyridine rings is 1. The molecule has 0 bridgehead atoms. The average Bonchev–Trinajstić information content (AvgIpc) is 3.23. The maximum absolute atomic E-state index is 4.69. The standard InChI is InChI=1S/C18H24N6/c1-15-6-5-12-24-14-16(22-17(15)24)7-8-20-18(19-2)21-9-13-23-10-3-4-11-23/h3-6,10-12,14H,7-9,13H2,1-2H3,(H2,19,20,21). The largest absolute Gasteiger partial charge is 0.356 e. The van der Waals surface area contributed by atoms with Crippen LogP contribution in [0.25, 0.3) is 5.65 Å². The predicted molar refractivity (Wildman–Crippen MR) is 97.4 cm³/mol. The van der Waals surface area contributed by atoms with E-state index < -0.39 is 0 Å². The molecule has 3 heterocycles. The number of nitrogens with zero attached hydrogens (tertiary/aromatic N) is 4. The Bertz CT molecular complexity index is 800. The molecule has 3 rings (SSSR count). The summed E-state index contributed by atoms with van der Waals surface area (Å²) in [6.45, 7) is 4.63. The smallest absolute Gasteiger partial charge is 0.191 e. The van der Waals surface area contributed by atoms with Crippen molar-refractivity contribution in [1.82, 2.24) is 24.6 Å². The molecule has 6 heteroatoms. The van der Waals surface area contributed by atoms with Gasteiger partial charge in [-0.15, -0.1) is 0 Å². The molecule has 0 saturated heterocycles. The number of imidazole rings is 1. The molecular formula is C18H24N6. The third-order valence-electron chi connectivity index (χ3n) is 3.95. The minimum absolute atomic E-state index is 0.798. The van der Waals surface area contributed by atoms with Crippen LogP contribution in [0.2, 0.25) is 0 Å². The Kier molecular flexibility index (Phi) is 5.15. The van der Waals surface area contributed by atoms with Crippen LogP contribution < -0.4 is 10.6 Å². The minimum Gasteiger partial charge on any atom is -0.356 e. The monoisotopic (exact) mass is 324 g/mol. The first-order valence-corrected chi connectivity index (χ1v) is 8.25. The number of guanidine groups is 1. The van der Waals surface area contributed by atoms with E-state index in [2.05, 4.69) is 56.2 Å². The zero-order valence-corrected chi connectivity index (χ0v) is 14.2. The number of rotatable bonds is 6. The molecule has 0 aliphatic rings. The molecule has 0 aliphatic carbocycles. The lowest BCUT2D eigenvalue weighted by Gasteiger charge is -2.11. The molecular weight excluding hydrogens is 300 g/mol. The molecule has 6 nitrogen and oxygen atoms in total. The van der Waals surface area contributed by atoms with Gasteiger partial charge in [0.2, 0.25) is 0 Å². The first kappa shape index (κ1) is 16.1. The Labute approximate surface area is 142 Å². The number of aliphatic imine (C=N–C) groups is 1. The van der Waals surface area contributed by atoms with Crippen LogP contribution in [0, 0.1) is 6.92 Å². The zero-order chi connectivity index (χ0) is 16.8. The van der Waals surface area contributed by atoms with Gasteiger partial charge in [0.1, 0.15) is 5.65 Å². The van der Waals surface area contributed by atoms with Crippen molar-refractivity contribution in [1.29, 1.82) is 0 Å². The summed E-state index contributed by atoms with van der Waals surface area (Å²) in [5.74, 6) is 0.821. The fourth-order valence-corrected chi connectivity index (χ4v) is 2.68. The number of aryl methyl sites for hydroxylation is 1. The van der Waals surface area contributed by atoms with Crippen LogP contribution in [-0.2, 0) is 13.0 Å². The van der Waals surface area contributed by atoms with Crippen molar-refractivity contribution in [2.75, 3.05) is 20.1 Å². The summed E-state index contributed by atoms with van der Waals surface area (Å²) in [7, 11) is 1.79. The number of hydrogen-bond donors (Lipinski definition) is 2. The normalized spacial score (nSPS) is 11.8. The van der Waals surface area contributed by atoms with Crippen molar-refractivity contribution in [3.63, 3.8) is 0 Å². The van der Waals surface area contributed by atoms with Gasteiger partial charge in [-0.3, -0.25) is 4.99 Å². The summed E-state index contributed by atoms with van der Waals surface area (Å²) in [4.78, 5) is 8.94. The molecule has 0 unspecified atom stereocenters. The second kappa shape index (κ2) is 7.68. The first-order chi connectivity index (χ1) is 11.8. The molecule has 0 fully saturated rings. The van der Waals surface area contributed by atoms with Gasteiger partial charge in [-0.25, -0.2) is 4.98 Å². The van der Waals surface area contributed by atoms with E-state index in [1.54, 1.807) is 7.05 Å². The molecule has 0 saturated carbocycles. The Balaban J connectivity index is 1.46. The second-order valence-corrected chi connectivity index (χ2v) is 5.75. The highest BCUT2D eigenvalue weighted by Gasteiger charge is 2.04. The predicted octanol–water partition coefficient (Wildman–Crippen LogP) is 1.85. The molecule has 126 valence electrons. The van der Waals surface area contributed by atoms with Crippen molar-refractivity contribution in [2.24, 2.45) is 4.99 Å². The Morgan fingerprint density at radius 3 is 2.67 bits per heavy atom. The summed E-state index contributed by atoms with van der Waals surface area (Å²) in [5.41, 5.74) is 3.31. The minimum atomic E-state index is 0.798. The summed E-state index contributed by atoms with van der Waals surface area (Å²) in [6.07, 6.45) is 9.10. The molecule has 0 radical (unpaired) electrons. The Hall–Kier alpha value is -2.76. The highest BCUT2D eigenvalue weighted by molar-refractivity contribution is 5.79. The van der Waals surface area contributed by atoms with Crippen molar-refractivity contribution < 1.29 is 0 Å². The molecule has 2 N–H and O–H groups in total. The van der Waals surface area contributed by atoms with Crippen molar-refractivity contribution in [3.8, 4) is 0 Å². The van der Waals surface area contributed by atoms with Gasteiger partial charge in [0, 0.05) is 57.9 Å². The lowest BCUT2D eigenvalue weighted by Crippen LogP contribution is -2.39. The van der Waals surface area contributed by atoms with Crippen LogP contribution in [0.3, 0.4) is 0 Å². The molecule has 0 atom stereocenters. The maximum Gasteiger partial charge on any atom is 0.191 e. The van der Waals surface area contributed by atoms with Gasteiger partial charge < -0.3 is 19.6 Å². The van der Waals surface area contributed by atoms with Crippen LogP contribution in [-0.4, -0.2) is 40.0 Å². The van der Waals surface area contributed by atoms with Gasteiger partial charge in [0.25, 0.3) is 0 Å². The number of nitrogens with one attached hydrogen (secondary N) is 2. The van der Waals surface area contributed by atoms with Crippen molar-refractivity contribution in [2.45, 2.75) is 19.9 Å². The topological polar surface area (TPSA) is 58.6 Å². The van der Waals surface area contributed by atoms with E-state index in [4.69, 9.17) is 4.98 Å². The van der Waals surface area contributed by atoms with Crippen molar-refractivity contribution >= 4 is 11.6 Å². The Morgan fingerprint density at radius 2 is 1.92 bits per heavy atom. The fourth-order valence-electron chi connectivity index (χ4n) is 2.68. The third kappa shape index (κ3) is 3.95. The van der Waals surface area contributed by atoms with Crippen LogP contribution in [0.15, 0.2) is 54.0 Å². The third-order valence-corrected chi connectivity index (χ3v) is 3.95. The molecule has 3 aromatic heterocycles. The van der Waals surface area contributed by atoms with Gasteiger partial charge in [0.05, 0.1) is 5.69 Å². The summed E-state index contributed by atoms with van der Waals surface area (Å²) >= 11 is 0. The van der Waals surface area contributed by atoms with Gasteiger partial charge >= 0.3 is 0 Å². The van der Waals surface area contributed by atoms with E-state index in [9.17, 15) is 0 Å². The van der Waals surface area contributed by atoms with Crippen LogP contribution in [0.1, 0.15) is 11.3 Å². The van der Waals surface area contributed by atoms with E-state index in [1.165, 1.54) is 5.56 Å². The lowest BCUT2D eigenvalue weighted by atomic mass is 10.3. The molecule has 24 heavy (non-hydrogen) atoms. The van der Waals surface area contributed by atoms with Crippen molar-refractivity contribution in [3.05, 3.63) is 60.3 Å². The van der Waals surface area contributed by atoms with E-state index in [-0.39, 0.29) is 0 Å². The van der Waals surface area contributed by atoms with E-state index in [1.807, 2.05) is 24.4 Å². The molecule has 0 spiro atoms. The van der Waals surface area contributed by atoms with E-state index >= 15 is 0 Å². The molecule has 0 aromatic carbocycles. The zero-order valence-electron chi connectivity index (χ0n) is 14.2. The fraction of sp³-hybridized carbons (Fsp3) is 0.333. The van der Waals surface area contributed by atoms with Gasteiger partial charge in [-0.2, -0.15) is 0 Å². The number of aromatic nitrogens is 3. The van der Waals surface area contributed by atoms with Crippen LogP contribution in [0.4, 0.5) is 0 Å². The van der Waals surface area contributed by atoms with Gasteiger partial charge in [-0.05, 0) is 30.7 Å². The summed E-state index contributed by atoms with van der Waals surface area (Å²) < 4.78 is 4.22. The van der Waals surface area contributed by atoms with Crippen LogP contribution >= 0.6 is 0 Å². The highest BCUT2D eigenvalue weighted by atomic mass is 15.2. The number of hydrogen-bond acceptors (Lipinski definition) is 2. The van der Waals surface area contributed by atoms with Gasteiger partial charge in [0.15, 0.2) is 5.96 Å². The molecule has 0 aliphatic heterocycles. The Morgan fingerprint density at radius 1 is 1.12 bits per heavy atom. The average molecular weight is 324 g/mol. The quantitative estimate of drug-likeness (QED) is 0.537. The second-order valence-electron chi connectivity index (χ2n) is 5.75. The lowest BCUT2D eigenvalue weighted by molar-refractivity contribution is 0.664. The molecule has 0 amide bonds. The summed E-state index contributed by atoms with van der Waals surface area (Å²) in [6, 6.07) is 8.19. The SMILES string of the molecule is CN=C(NCCc1cn2cccc(C)c2n1)NCCn1cccc1. The van der Waals surface area contributed by atoms with E-state index in [0.29, 0.717) is 0 Å². The first-order valence-electron chi connectivity index (χ1n) is 8.25. The molecule has 3 aromatic rings. The highest BCUT2D eigenvalue weighted by Crippen LogP contribution is 2.09. The van der Waals surface area contributed by atoms with Gasteiger partial charge in [-0.1, -0.05) is 6.07 Å². The maximum atomic E-state index is 4.69. The summed E-state index contributed by atoms with van der Waals surface area (Å²) in [5, 5.41) is 6.66.